The molecule has 5 heteroatoms. The predicted molar refractivity (Wildman–Crippen MR) is 102 cm³/mol. The average Bonchev–Trinajstić information content (AvgIpc) is 2.69. The molecule has 1 aromatic heterocycles. The van der Waals surface area contributed by atoms with E-state index in [1.54, 1.807) is 0 Å². The normalized spacial score (nSPS) is 23.0. The number of nitrogens with zero attached hydrogens (tertiary/aromatic N) is 3. The molecule has 0 unspecified atom stereocenters. The summed E-state index contributed by atoms with van der Waals surface area (Å²) in [6, 6.07) is 7.74. The van der Waals surface area contributed by atoms with E-state index in [0.717, 1.165) is 25.8 Å². The van der Waals surface area contributed by atoms with Gasteiger partial charge in [-0.2, -0.15) is 5.10 Å². The Bertz CT molecular complexity index is 871. The summed E-state index contributed by atoms with van der Waals surface area (Å²) in [6.45, 7) is 3.36. The number of benzene rings is 1. The monoisotopic (exact) mass is 353 g/mol. The molecule has 1 amide bonds. The number of hydrogen-bond donors (Lipinski definition) is 0. The Kier molecular flexibility index (Phi) is 4.79. The van der Waals surface area contributed by atoms with Crippen LogP contribution in [0.1, 0.15) is 62.4 Å². The van der Waals surface area contributed by atoms with E-state index in [2.05, 4.69) is 10.00 Å². The van der Waals surface area contributed by atoms with Crippen LogP contribution in [-0.2, 0) is 6.54 Å². The van der Waals surface area contributed by atoms with Crippen molar-refractivity contribution in [3.05, 3.63) is 40.3 Å². The number of likely N-dealkylation sites (tertiary alicyclic amines) is 1. The lowest BCUT2D eigenvalue weighted by atomic mass is 9.78. The van der Waals surface area contributed by atoms with Crippen molar-refractivity contribution in [2.24, 2.45) is 5.92 Å². The Morgan fingerprint density at radius 2 is 1.85 bits per heavy atom. The summed E-state index contributed by atoms with van der Waals surface area (Å²) in [5, 5.41) is 5.80. The van der Waals surface area contributed by atoms with Crippen molar-refractivity contribution in [1.82, 2.24) is 14.7 Å². The highest BCUT2D eigenvalue weighted by molar-refractivity contribution is 6.04. The molecule has 1 aliphatic heterocycles. The second-order valence-electron chi connectivity index (χ2n) is 7.68. The van der Waals surface area contributed by atoms with E-state index in [9.17, 15) is 9.59 Å². The van der Waals surface area contributed by atoms with E-state index >= 15 is 0 Å². The zero-order valence-electron chi connectivity index (χ0n) is 15.5. The van der Waals surface area contributed by atoms with Crippen LogP contribution in [0.15, 0.2) is 29.1 Å². The van der Waals surface area contributed by atoms with Crippen LogP contribution >= 0.6 is 0 Å². The highest BCUT2D eigenvalue weighted by atomic mass is 16.2. The van der Waals surface area contributed by atoms with Crippen LogP contribution in [0.3, 0.4) is 0 Å². The van der Waals surface area contributed by atoms with Crippen molar-refractivity contribution in [3.8, 4) is 0 Å². The van der Waals surface area contributed by atoms with Gasteiger partial charge in [0.1, 0.15) is 0 Å². The van der Waals surface area contributed by atoms with Crippen LogP contribution in [-0.4, -0.2) is 33.2 Å². The number of carbonyl (C=O) groups is 1. The van der Waals surface area contributed by atoms with Gasteiger partial charge in [0.05, 0.1) is 5.39 Å². The number of fused-ring (bicyclic) bond motifs is 2. The fourth-order valence-corrected chi connectivity index (χ4v) is 4.77. The number of carbonyl (C=O) groups excluding carboxylic acids is 1. The van der Waals surface area contributed by atoms with Crippen LogP contribution in [0, 0.1) is 5.92 Å². The van der Waals surface area contributed by atoms with Crippen LogP contribution in [0.2, 0.25) is 0 Å². The third-order valence-electron chi connectivity index (χ3n) is 6.01. The van der Waals surface area contributed by atoms with Gasteiger partial charge < -0.3 is 4.90 Å². The molecule has 26 heavy (non-hydrogen) atoms. The van der Waals surface area contributed by atoms with Gasteiger partial charge in [-0.25, -0.2) is 4.68 Å². The SMILES string of the molecule is CCCn1nc(C(=O)N2CCC[C@H]3CCCC[C@H]32)c2ccccc2c1=O. The minimum Gasteiger partial charge on any atom is -0.334 e. The fraction of sp³-hybridized carbons (Fsp3) is 0.571. The molecule has 0 N–H and O–H groups in total. The van der Waals surface area contributed by atoms with E-state index in [4.69, 9.17) is 0 Å². The fourth-order valence-electron chi connectivity index (χ4n) is 4.77. The summed E-state index contributed by atoms with van der Waals surface area (Å²) in [4.78, 5) is 28.2. The summed E-state index contributed by atoms with van der Waals surface area (Å²) in [6.07, 6.45) is 7.94. The maximum absolute atomic E-state index is 13.5. The number of hydrogen-bond acceptors (Lipinski definition) is 3. The first-order valence-corrected chi connectivity index (χ1v) is 10.0. The lowest BCUT2D eigenvalue weighted by Crippen LogP contribution is -2.50. The third-order valence-corrected chi connectivity index (χ3v) is 6.01. The summed E-state index contributed by atoms with van der Waals surface area (Å²) in [5.74, 6) is 0.636. The molecule has 5 nitrogen and oxygen atoms in total. The van der Waals surface area contributed by atoms with Gasteiger partial charge >= 0.3 is 0 Å². The molecule has 2 fully saturated rings. The van der Waals surface area contributed by atoms with Crippen molar-refractivity contribution in [3.63, 3.8) is 0 Å². The van der Waals surface area contributed by atoms with E-state index in [1.807, 2.05) is 31.2 Å². The van der Waals surface area contributed by atoms with Crippen molar-refractivity contribution < 1.29 is 4.79 Å². The van der Waals surface area contributed by atoms with Gasteiger partial charge in [0.15, 0.2) is 5.69 Å². The molecule has 2 heterocycles. The minimum atomic E-state index is -0.104. The second kappa shape index (κ2) is 7.22. The number of piperidine rings is 1. The van der Waals surface area contributed by atoms with Crippen molar-refractivity contribution in [1.29, 1.82) is 0 Å². The van der Waals surface area contributed by atoms with Gasteiger partial charge in [0.2, 0.25) is 0 Å². The Balaban J connectivity index is 1.78. The molecular weight excluding hydrogens is 326 g/mol. The largest absolute Gasteiger partial charge is 0.334 e. The molecule has 2 aromatic rings. The second-order valence-corrected chi connectivity index (χ2v) is 7.68. The first-order chi connectivity index (χ1) is 12.7. The Labute approximate surface area is 154 Å². The molecule has 2 aliphatic rings. The van der Waals surface area contributed by atoms with Gasteiger partial charge in [-0.15, -0.1) is 0 Å². The third kappa shape index (κ3) is 2.93. The van der Waals surface area contributed by atoms with E-state index in [0.29, 0.717) is 35.0 Å². The smallest absolute Gasteiger partial charge is 0.275 e. The summed E-state index contributed by atoms with van der Waals surface area (Å²) >= 11 is 0. The molecule has 4 rings (SSSR count). The molecule has 138 valence electrons. The standard InChI is InChI=1S/C21H27N3O2/c1-2-13-24-20(25)17-11-5-4-10-16(17)19(22-24)21(26)23-14-7-9-15-8-3-6-12-18(15)23/h4-5,10-11,15,18H,2-3,6-9,12-14H2,1H3/t15-,18-/m1/s1. The Morgan fingerprint density at radius 1 is 1.12 bits per heavy atom. The molecule has 0 bridgehead atoms. The van der Waals surface area contributed by atoms with Gasteiger partial charge in [-0.05, 0) is 44.1 Å². The van der Waals surface area contributed by atoms with Crippen molar-refractivity contribution in [2.45, 2.75) is 64.5 Å². The molecule has 0 radical (unpaired) electrons. The molecular formula is C21H27N3O2. The lowest BCUT2D eigenvalue weighted by Gasteiger charge is -2.44. The summed E-state index contributed by atoms with van der Waals surface area (Å²) in [5.41, 5.74) is 0.341. The van der Waals surface area contributed by atoms with Gasteiger partial charge in [-0.3, -0.25) is 9.59 Å². The molecule has 1 aliphatic carbocycles. The first kappa shape index (κ1) is 17.3. The van der Waals surface area contributed by atoms with Crippen molar-refractivity contribution in [2.75, 3.05) is 6.54 Å². The highest BCUT2D eigenvalue weighted by Crippen LogP contribution is 2.36. The summed E-state index contributed by atoms with van der Waals surface area (Å²) in [7, 11) is 0. The molecule has 1 saturated carbocycles. The summed E-state index contributed by atoms with van der Waals surface area (Å²) < 4.78 is 1.47. The first-order valence-electron chi connectivity index (χ1n) is 10.0. The topological polar surface area (TPSA) is 55.2 Å². The van der Waals surface area contributed by atoms with E-state index < -0.39 is 0 Å². The predicted octanol–water partition coefficient (Wildman–Crippen LogP) is 3.60. The molecule has 0 spiro atoms. The Morgan fingerprint density at radius 3 is 2.65 bits per heavy atom. The van der Waals surface area contributed by atoms with Crippen LogP contribution in [0.5, 0.6) is 0 Å². The van der Waals surface area contributed by atoms with Crippen LogP contribution < -0.4 is 5.56 Å². The van der Waals surface area contributed by atoms with E-state index in [-0.39, 0.29) is 11.5 Å². The number of rotatable bonds is 3. The van der Waals surface area contributed by atoms with Gasteiger partial charge in [0, 0.05) is 24.5 Å². The van der Waals surface area contributed by atoms with Crippen LogP contribution in [0.4, 0.5) is 0 Å². The molecule has 1 aromatic carbocycles. The maximum Gasteiger partial charge on any atom is 0.275 e. The average molecular weight is 353 g/mol. The zero-order valence-corrected chi connectivity index (χ0v) is 15.5. The molecule has 2 atom stereocenters. The number of amides is 1. The van der Waals surface area contributed by atoms with Crippen LogP contribution in [0.25, 0.3) is 10.8 Å². The zero-order chi connectivity index (χ0) is 18.1. The lowest BCUT2D eigenvalue weighted by molar-refractivity contribution is 0.0385. The van der Waals surface area contributed by atoms with Crippen molar-refractivity contribution >= 4 is 16.7 Å². The van der Waals surface area contributed by atoms with Gasteiger partial charge in [0.25, 0.3) is 11.5 Å². The molecule has 1 saturated heterocycles. The number of aryl methyl sites for hydroxylation is 1. The minimum absolute atomic E-state index is 0.00246. The number of aromatic nitrogens is 2. The Hall–Kier alpha value is -2.17. The quantitative estimate of drug-likeness (QED) is 0.847. The maximum atomic E-state index is 13.5. The van der Waals surface area contributed by atoms with Gasteiger partial charge in [-0.1, -0.05) is 38.0 Å². The van der Waals surface area contributed by atoms with E-state index in [1.165, 1.54) is 30.4 Å². The highest BCUT2D eigenvalue weighted by Gasteiger charge is 2.37.